The van der Waals surface area contributed by atoms with Gasteiger partial charge in [-0.25, -0.2) is 0 Å². The monoisotopic (exact) mass is 312 g/mol. The normalized spacial score (nSPS) is 24.5. The summed E-state index contributed by atoms with van der Waals surface area (Å²) < 4.78 is 6.54. The molecule has 0 aromatic heterocycles. The van der Waals surface area contributed by atoms with Crippen LogP contribution in [0, 0.1) is 0 Å². The van der Waals surface area contributed by atoms with E-state index in [-0.39, 0.29) is 0 Å². The lowest BCUT2D eigenvalue weighted by Gasteiger charge is -2.45. The standard InChI is InChI=1S/C17H36OSi2/c1-6-7-8-9-10-11-12-13-14-17-15-16-19(2,3)20(4,5)18-17/h6,17H,1,7-16H2,2-5H3. The van der Waals surface area contributed by atoms with Crippen LogP contribution in [0.3, 0.4) is 0 Å². The van der Waals surface area contributed by atoms with Crippen molar-refractivity contribution in [3.05, 3.63) is 12.7 Å². The molecule has 0 saturated carbocycles. The van der Waals surface area contributed by atoms with Crippen LogP contribution in [0.25, 0.3) is 0 Å². The summed E-state index contributed by atoms with van der Waals surface area (Å²) in [7, 11) is -2.37. The van der Waals surface area contributed by atoms with Gasteiger partial charge in [0, 0.05) is 6.10 Å². The third-order valence-corrected chi connectivity index (χ3v) is 22.0. The summed E-state index contributed by atoms with van der Waals surface area (Å²) >= 11 is 0. The second kappa shape index (κ2) is 8.55. The third-order valence-electron chi connectivity index (χ3n) is 5.37. The minimum Gasteiger partial charge on any atom is -0.417 e. The van der Waals surface area contributed by atoms with Crippen molar-refractivity contribution in [2.45, 2.75) is 96.1 Å². The number of hydrogen-bond acceptors (Lipinski definition) is 1. The molecule has 1 aliphatic rings. The summed E-state index contributed by atoms with van der Waals surface area (Å²) in [5.74, 6) is 0. The lowest BCUT2D eigenvalue weighted by molar-refractivity contribution is 0.171. The summed E-state index contributed by atoms with van der Waals surface area (Å²) in [6.07, 6.45) is 14.8. The predicted octanol–water partition coefficient (Wildman–Crippen LogP) is 6.07. The summed E-state index contributed by atoms with van der Waals surface area (Å²) in [6, 6.07) is 1.50. The summed E-state index contributed by atoms with van der Waals surface area (Å²) in [6.45, 7) is 13.8. The highest BCUT2D eigenvalue weighted by atomic mass is 29.3. The molecule has 0 radical (unpaired) electrons. The van der Waals surface area contributed by atoms with Gasteiger partial charge in [0.05, 0.1) is 7.59 Å². The van der Waals surface area contributed by atoms with E-state index in [0.29, 0.717) is 6.10 Å². The summed E-state index contributed by atoms with van der Waals surface area (Å²) in [5.41, 5.74) is 0. The van der Waals surface area contributed by atoms with Crippen LogP contribution in [0.4, 0.5) is 0 Å². The van der Waals surface area contributed by atoms with Gasteiger partial charge >= 0.3 is 0 Å². The fraction of sp³-hybridized carbons (Fsp3) is 0.882. The van der Waals surface area contributed by atoms with Gasteiger partial charge in [-0.2, -0.15) is 0 Å². The largest absolute Gasteiger partial charge is 0.417 e. The van der Waals surface area contributed by atoms with Gasteiger partial charge in [-0.1, -0.05) is 57.3 Å². The van der Waals surface area contributed by atoms with E-state index < -0.39 is 15.4 Å². The van der Waals surface area contributed by atoms with Crippen molar-refractivity contribution in [2.75, 3.05) is 0 Å². The molecule has 1 aliphatic heterocycles. The van der Waals surface area contributed by atoms with Crippen molar-refractivity contribution >= 4 is 15.4 Å². The van der Waals surface area contributed by atoms with Crippen LogP contribution in [-0.2, 0) is 4.43 Å². The molecule has 0 aromatic carbocycles. The van der Waals surface area contributed by atoms with E-state index in [0.717, 1.165) is 0 Å². The van der Waals surface area contributed by atoms with Crippen LogP contribution < -0.4 is 0 Å². The topological polar surface area (TPSA) is 9.23 Å². The van der Waals surface area contributed by atoms with E-state index in [1.165, 1.54) is 63.8 Å². The average Bonchev–Trinajstić information content (AvgIpc) is 2.37. The van der Waals surface area contributed by atoms with Crippen LogP contribution >= 0.6 is 0 Å². The van der Waals surface area contributed by atoms with Gasteiger partial charge in [0.25, 0.3) is 0 Å². The zero-order valence-electron chi connectivity index (χ0n) is 14.3. The molecule has 20 heavy (non-hydrogen) atoms. The molecule has 3 heteroatoms. The minimum atomic E-state index is -1.34. The van der Waals surface area contributed by atoms with Crippen molar-refractivity contribution in [1.29, 1.82) is 0 Å². The average molecular weight is 313 g/mol. The lowest BCUT2D eigenvalue weighted by atomic mass is 10.1. The van der Waals surface area contributed by atoms with Gasteiger partial charge in [-0.3, -0.25) is 0 Å². The fourth-order valence-corrected chi connectivity index (χ4v) is 9.76. The Hall–Kier alpha value is 0.134. The quantitative estimate of drug-likeness (QED) is 0.285. The Kier molecular flexibility index (Phi) is 7.77. The van der Waals surface area contributed by atoms with Crippen LogP contribution in [0.15, 0.2) is 12.7 Å². The first kappa shape index (κ1) is 18.2. The number of hydrogen-bond donors (Lipinski definition) is 0. The highest BCUT2D eigenvalue weighted by Gasteiger charge is 2.47. The number of rotatable bonds is 9. The first-order valence-electron chi connectivity index (χ1n) is 8.68. The van der Waals surface area contributed by atoms with E-state index >= 15 is 0 Å². The maximum absolute atomic E-state index is 6.54. The van der Waals surface area contributed by atoms with Gasteiger partial charge in [0.1, 0.15) is 0 Å². The Morgan fingerprint density at radius 3 is 2.20 bits per heavy atom. The second-order valence-corrected chi connectivity index (χ2v) is 22.9. The van der Waals surface area contributed by atoms with Gasteiger partial charge in [0.2, 0.25) is 0 Å². The van der Waals surface area contributed by atoms with E-state index in [1.54, 1.807) is 0 Å². The van der Waals surface area contributed by atoms with Crippen molar-refractivity contribution in [2.24, 2.45) is 0 Å². The maximum Gasteiger partial charge on any atom is 0.174 e. The van der Waals surface area contributed by atoms with Gasteiger partial charge in [-0.05, 0) is 38.8 Å². The third kappa shape index (κ3) is 5.86. The molecule has 0 aromatic rings. The smallest absolute Gasteiger partial charge is 0.174 e. The molecule has 1 fully saturated rings. The zero-order chi connectivity index (χ0) is 15.1. The lowest BCUT2D eigenvalue weighted by Crippen LogP contribution is -2.61. The molecule has 0 spiro atoms. The first-order valence-corrected chi connectivity index (χ1v) is 15.8. The molecule has 1 atom stereocenters. The van der Waals surface area contributed by atoms with E-state index in [9.17, 15) is 0 Å². The van der Waals surface area contributed by atoms with Crippen molar-refractivity contribution in [3.63, 3.8) is 0 Å². The van der Waals surface area contributed by atoms with Crippen LogP contribution in [0.5, 0.6) is 0 Å². The maximum atomic E-state index is 6.54. The van der Waals surface area contributed by atoms with Crippen LogP contribution in [0.2, 0.25) is 32.2 Å². The van der Waals surface area contributed by atoms with E-state index in [2.05, 4.69) is 32.8 Å². The molecule has 0 amide bonds. The molecule has 1 rings (SSSR count). The molecule has 118 valence electrons. The predicted molar refractivity (Wildman–Crippen MR) is 96.4 cm³/mol. The molecule has 1 saturated heterocycles. The first-order chi connectivity index (χ1) is 9.39. The molecule has 0 N–H and O–H groups in total. The minimum absolute atomic E-state index is 0.595. The molecular weight excluding hydrogens is 276 g/mol. The molecule has 1 nitrogen and oxygen atoms in total. The molecule has 1 unspecified atom stereocenters. The fourth-order valence-electron chi connectivity index (χ4n) is 3.03. The van der Waals surface area contributed by atoms with Crippen molar-refractivity contribution in [1.82, 2.24) is 0 Å². The van der Waals surface area contributed by atoms with Crippen molar-refractivity contribution < 1.29 is 4.43 Å². The highest BCUT2D eigenvalue weighted by Crippen LogP contribution is 2.35. The molecule has 1 heterocycles. The molecule has 0 aliphatic carbocycles. The zero-order valence-corrected chi connectivity index (χ0v) is 16.3. The second-order valence-electron chi connectivity index (χ2n) is 7.66. The van der Waals surface area contributed by atoms with Gasteiger partial charge < -0.3 is 4.43 Å². The van der Waals surface area contributed by atoms with Crippen LogP contribution in [0.1, 0.15) is 57.8 Å². The Bertz CT molecular complexity index is 287. The molecular formula is C17H36OSi2. The van der Waals surface area contributed by atoms with Crippen LogP contribution in [-0.4, -0.2) is 21.5 Å². The Morgan fingerprint density at radius 2 is 1.60 bits per heavy atom. The van der Waals surface area contributed by atoms with Crippen molar-refractivity contribution in [3.8, 4) is 0 Å². The van der Waals surface area contributed by atoms with Gasteiger partial charge in [-0.15, -0.1) is 6.58 Å². The molecule has 0 bridgehead atoms. The van der Waals surface area contributed by atoms with Gasteiger partial charge in [0.15, 0.2) is 7.83 Å². The Labute approximate surface area is 129 Å². The Balaban J connectivity index is 2.07. The number of unbranched alkanes of at least 4 members (excludes halogenated alkanes) is 6. The Morgan fingerprint density at radius 1 is 1.00 bits per heavy atom. The summed E-state index contributed by atoms with van der Waals surface area (Å²) in [4.78, 5) is 0. The number of allylic oxidation sites excluding steroid dienone is 1. The van der Waals surface area contributed by atoms with E-state index in [1.807, 2.05) is 6.08 Å². The summed E-state index contributed by atoms with van der Waals surface area (Å²) in [5, 5.41) is 0. The van der Waals surface area contributed by atoms with E-state index in [4.69, 9.17) is 4.43 Å². The highest BCUT2D eigenvalue weighted by molar-refractivity contribution is 7.38. The SMILES string of the molecule is C=CCCCCCCCCC1CC[Si](C)(C)[Si](C)(C)O1.